The molecule has 2 N–H and O–H groups in total. The Bertz CT molecular complexity index is 1290. The summed E-state index contributed by atoms with van der Waals surface area (Å²) in [6.45, 7) is 10.8. The molecule has 2 aliphatic heterocycles. The van der Waals surface area contributed by atoms with Crippen LogP contribution < -0.4 is 10.2 Å². The highest BCUT2D eigenvalue weighted by Gasteiger charge is 2.44. The Hall–Kier alpha value is -3.79. The van der Waals surface area contributed by atoms with Gasteiger partial charge in [-0.2, -0.15) is 10.2 Å². The van der Waals surface area contributed by atoms with Gasteiger partial charge in [0.2, 0.25) is 0 Å². The molecule has 2 fully saturated rings. The van der Waals surface area contributed by atoms with Crippen molar-refractivity contribution < 1.29 is 4.79 Å². The first-order valence-corrected chi connectivity index (χ1v) is 12.2. The van der Waals surface area contributed by atoms with Crippen molar-refractivity contribution in [2.75, 3.05) is 24.5 Å². The van der Waals surface area contributed by atoms with Gasteiger partial charge < -0.3 is 10.2 Å². The number of carbonyl (C=O) groups is 1. The van der Waals surface area contributed by atoms with E-state index in [1.807, 2.05) is 66.4 Å². The van der Waals surface area contributed by atoms with E-state index in [1.54, 1.807) is 4.52 Å². The SMILES string of the molecule is CC.CC(C)C1CN(C2CNC2)C(=O)N1c1ccn2ncc(-c3ccc(-c4ncn[nH]4)cc3)c2n1. The summed E-state index contributed by atoms with van der Waals surface area (Å²) in [5.74, 6) is 1.71. The van der Waals surface area contributed by atoms with Gasteiger partial charge in [-0.3, -0.25) is 10.00 Å². The average molecular weight is 474 g/mol. The fourth-order valence-corrected chi connectivity index (χ4v) is 4.57. The predicted molar refractivity (Wildman–Crippen MR) is 135 cm³/mol. The Kier molecular flexibility index (Phi) is 6.21. The van der Waals surface area contributed by atoms with E-state index in [4.69, 9.17) is 4.98 Å². The van der Waals surface area contributed by atoms with Gasteiger partial charge in [-0.1, -0.05) is 52.0 Å². The minimum absolute atomic E-state index is 0.0366. The van der Waals surface area contributed by atoms with Crippen LogP contribution in [0.2, 0.25) is 0 Å². The summed E-state index contributed by atoms with van der Waals surface area (Å²) in [7, 11) is 0. The minimum Gasteiger partial charge on any atom is -0.317 e. The third-order valence-corrected chi connectivity index (χ3v) is 6.62. The van der Waals surface area contributed by atoms with E-state index in [-0.39, 0.29) is 18.1 Å². The second kappa shape index (κ2) is 9.46. The lowest BCUT2D eigenvalue weighted by atomic mass is 10.0. The van der Waals surface area contributed by atoms with Crippen LogP contribution >= 0.6 is 0 Å². The van der Waals surface area contributed by atoms with Crippen molar-refractivity contribution in [3.8, 4) is 22.5 Å². The molecule has 5 heterocycles. The Labute approximate surface area is 204 Å². The second-order valence-corrected chi connectivity index (χ2v) is 8.95. The first-order chi connectivity index (χ1) is 17.1. The maximum absolute atomic E-state index is 13.4. The van der Waals surface area contributed by atoms with Gasteiger partial charge in [0.1, 0.15) is 12.1 Å². The zero-order valence-electron chi connectivity index (χ0n) is 20.5. The number of anilines is 1. The van der Waals surface area contributed by atoms with E-state index < -0.39 is 0 Å². The first-order valence-electron chi connectivity index (χ1n) is 12.2. The predicted octanol–water partition coefficient (Wildman–Crippen LogP) is 3.45. The molecular weight excluding hydrogens is 442 g/mol. The van der Waals surface area contributed by atoms with E-state index in [2.05, 4.69) is 39.4 Å². The lowest BCUT2D eigenvalue weighted by molar-refractivity contribution is 0.172. The van der Waals surface area contributed by atoms with Gasteiger partial charge in [0, 0.05) is 37.0 Å². The Morgan fingerprint density at radius 2 is 1.80 bits per heavy atom. The Balaban J connectivity index is 0.00000124. The number of fused-ring (bicyclic) bond motifs is 1. The molecule has 6 rings (SSSR count). The highest BCUT2D eigenvalue weighted by molar-refractivity contribution is 5.95. The summed E-state index contributed by atoms with van der Waals surface area (Å²) < 4.78 is 1.75. The minimum atomic E-state index is 0.0366. The number of aromatic amines is 1. The van der Waals surface area contributed by atoms with Crippen LogP contribution in [-0.4, -0.2) is 72.4 Å². The van der Waals surface area contributed by atoms with Gasteiger partial charge >= 0.3 is 6.03 Å². The van der Waals surface area contributed by atoms with Gasteiger partial charge in [-0.15, -0.1) is 0 Å². The number of aromatic nitrogens is 6. The van der Waals surface area contributed by atoms with Crippen LogP contribution in [0.15, 0.2) is 49.1 Å². The van der Waals surface area contributed by atoms with Crippen LogP contribution in [0, 0.1) is 5.92 Å². The maximum atomic E-state index is 13.4. The zero-order valence-corrected chi connectivity index (χ0v) is 20.5. The van der Waals surface area contributed by atoms with E-state index in [9.17, 15) is 4.79 Å². The lowest BCUT2D eigenvalue weighted by Crippen LogP contribution is -2.58. The molecule has 182 valence electrons. The van der Waals surface area contributed by atoms with Crippen LogP contribution in [0.25, 0.3) is 28.2 Å². The number of nitrogens with zero attached hydrogens (tertiary/aromatic N) is 7. The van der Waals surface area contributed by atoms with Gasteiger partial charge in [0.15, 0.2) is 11.5 Å². The molecule has 1 unspecified atom stereocenters. The lowest BCUT2D eigenvalue weighted by Gasteiger charge is -2.35. The topological polar surface area (TPSA) is 107 Å². The number of nitrogens with one attached hydrogen (secondary N) is 2. The van der Waals surface area contributed by atoms with Crippen molar-refractivity contribution in [1.29, 1.82) is 0 Å². The highest BCUT2D eigenvalue weighted by atomic mass is 16.2. The third kappa shape index (κ3) is 4.03. The van der Waals surface area contributed by atoms with Gasteiger partial charge in [-0.25, -0.2) is 19.3 Å². The molecule has 0 radical (unpaired) electrons. The van der Waals surface area contributed by atoms with E-state index in [0.717, 1.165) is 47.8 Å². The molecule has 1 atom stereocenters. The van der Waals surface area contributed by atoms with Crippen LogP contribution in [0.3, 0.4) is 0 Å². The smallest absolute Gasteiger partial charge is 0.317 e. The molecule has 10 nitrogen and oxygen atoms in total. The van der Waals surface area contributed by atoms with Crippen molar-refractivity contribution in [3.05, 3.63) is 49.1 Å². The van der Waals surface area contributed by atoms with Gasteiger partial charge in [0.25, 0.3) is 0 Å². The largest absolute Gasteiger partial charge is 0.326 e. The normalized spacial score (nSPS) is 18.2. The number of benzene rings is 1. The monoisotopic (exact) mass is 473 g/mol. The maximum Gasteiger partial charge on any atom is 0.326 e. The zero-order chi connectivity index (χ0) is 24.5. The summed E-state index contributed by atoms with van der Waals surface area (Å²) in [6, 6.07) is 10.3. The number of urea groups is 1. The van der Waals surface area contributed by atoms with Gasteiger partial charge in [-0.05, 0) is 17.5 Å². The number of H-pyrrole nitrogens is 1. The molecule has 35 heavy (non-hydrogen) atoms. The molecular formula is C25H31N9O. The van der Waals surface area contributed by atoms with Gasteiger partial charge in [0.05, 0.1) is 18.3 Å². The fraction of sp³-hybridized carbons (Fsp3) is 0.400. The second-order valence-electron chi connectivity index (χ2n) is 8.95. The standard InChI is InChI=1S/C23H25N9O.C2H6/c1-14(2)19-12-30(17-9-24-10-17)23(33)32(19)20-7-8-31-22(28-20)18(11-27-31)15-3-5-16(6-4-15)21-25-13-26-29-21;1-2/h3-8,11,13-14,17,19,24H,9-10,12H2,1-2H3,(H,25,26,29);1-2H3. The summed E-state index contributed by atoms with van der Waals surface area (Å²) in [4.78, 5) is 26.4. The highest BCUT2D eigenvalue weighted by Crippen LogP contribution is 2.32. The molecule has 0 spiro atoms. The molecule has 4 aromatic rings. The Morgan fingerprint density at radius 1 is 1.06 bits per heavy atom. The first kappa shape index (κ1) is 23.0. The Morgan fingerprint density at radius 3 is 2.43 bits per heavy atom. The summed E-state index contributed by atoms with van der Waals surface area (Å²) >= 11 is 0. The van der Waals surface area contributed by atoms with Crippen molar-refractivity contribution in [2.24, 2.45) is 5.92 Å². The van der Waals surface area contributed by atoms with Crippen LogP contribution in [0.5, 0.6) is 0 Å². The quantitative estimate of drug-likeness (QED) is 0.460. The van der Waals surface area contributed by atoms with Crippen molar-refractivity contribution in [1.82, 2.24) is 40.0 Å². The van der Waals surface area contributed by atoms with Crippen LogP contribution in [0.4, 0.5) is 10.6 Å². The number of hydrogen-bond donors (Lipinski definition) is 2. The van der Waals surface area contributed by atoms with E-state index in [1.165, 1.54) is 6.33 Å². The summed E-state index contributed by atoms with van der Waals surface area (Å²) in [5.41, 5.74) is 3.58. The molecule has 2 aliphatic rings. The molecule has 3 aromatic heterocycles. The van der Waals surface area contributed by atoms with Crippen molar-refractivity contribution >= 4 is 17.5 Å². The fourth-order valence-electron chi connectivity index (χ4n) is 4.57. The molecule has 1 aromatic carbocycles. The molecule has 0 saturated carbocycles. The van der Waals surface area contributed by atoms with Crippen LogP contribution in [0.1, 0.15) is 27.7 Å². The third-order valence-electron chi connectivity index (χ3n) is 6.62. The number of hydrogen-bond acceptors (Lipinski definition) is 6. The van der Waals surface area contributed by atoms with Crippen molar-refractivity contribution in [2.45, 2.75) is 39.8 Å². The average Bonchev–Trinajstić information content (AvgIpc) is 3.59. The number of rotatable bonds is 5. The van der Waals surface area contributed by atoms with E-state index in [0.29, 0.717) is 11.7 Å². The molecule has 0 bridgehead atoms. The molecule has 2 amide bonds. The van der Waals surface area contributed by atoms with Crippen LogP contribution in [-0.2, 0) is 0 Å². The molecule has 0 aliphatic carbocycles. The summed E-state index contributed by atoms with van der Waals surface area (Å²) in [5, 5.41) is 14.5. The molecule has 2 saturated heterocycles. The number of carbonyl (C=O) groups excluding carboxylic acids is 1. The van der Waals surface area contributed by atoms with Crippen molar-refractivity contribution in [3.63, 3.8) is 0 Å². The summed E-state index contributed by atoms with van der Waals surface area (Å²) in [6.07, 6.45) is 5.18. The molecule has 10 heteroatoms. The van der Waals surface area contributed by atoms with E-state index >= 15 is 0 Å². The number of amides is 2.